The molecule has 0 bridgehead atoms. The molecule has 3 heterocycles. The molecule has 2 aromatic heterocycles. The maximum Gasteiger partial charge on any atom is 0.298 e. The van der Waals surface area contributed by atoms with Crippen LogP contribution >= 0.6 is 46.3 Å². The first kappa shape index (κ1) is 21.6. The number of likely N-dealkylation sites (tertiary alicyclic amines) is 1. The first-order valence-corrected chi connectivity index (χ1v) is 10.8. The number of halogens is 2. The van der Waals surface area contributed by atoms with Gasteiger partial charge in [0.05, 0.1) is 25.4 Å². The molecule has 0 radical (unpaired) electrons. The zero-order valence-electron chi connectivity index (χ0n) is 14.9. The number of nitrogens with zero attached hydrogens (tertiary/aromatic N) is 3. The standard InChI is InChI=1S/C16H16Cl2N6O3S2/c17-8-5-22-6-9(18)12(8)28-15-11(24(26)27)10(13(29-15)14(19)25)7-1-3-23(4-2-7)16(20)21/h5-7H,1-4H2,(H2,19,25)(H3,20,21). The van der Waals surface area contributed by atoms with Gasteiger partial charge in [-0.3, -0.25) is 25.3 Å². The first-order chi connectivity index (χ1) is 13.7. The van der Waals surface area contributed by atoms with Crippen LogP contribution in [0.4, 0.5) is 5.69 Å². The third-order valence-corrected chi connectivity index (χ3v) is 7.87. The fourth-order valence-corrected chi connectivity index (χ4v) is 6.19. The molecular weight excluding hydrogens is 459 g/mol. The molecule has 0 unspecified atom stereocenters. The summed E-state index contributed by atoms with van der Waals surface area (Å²) in [5.74, 6) is -1.01. The number of carbonyl (C=O) groups excluding carboxylic acids is 1. The molecule has 1 aliphatic heterocycles. The van der Waals surface area contributed by atoms with Crippen molar-refractivity contribution in [1.82, 2.24) is 9.88 Å². The summed E-state index contributed by atoms with van der Waals surface area (Å²) in [7, 11) is 0. The number of carbonyl (C=O) groups is 1. The predicted molar refractivity (Wildman–Crippen MR) is 113 cm³/mol. The summed E-state index contributed by atoms with van der Waals surface area (Å²) >= 11 is 14.3. The minimum atomic E-state index is -0.721. The molecule has 9 nitrogen and oxygen atoms in total. The zero-order valence-corrected chi connectivity index (χ0v) is 18.0. The lowest BCUT2D eigenvalue weighted by Crippen LogP contribution is -2.41. The van der Waals surface area contributed by atoms with Crippen LogP contribution in [0, 0.1) is 15.5 Å². The summed E-state index contributed by atoms with van der Waals surface area (Å²) in [6, 6.07) is 0. The number of nitro groups is 1. The van der Waals surface area contributed by atoms with Gasteiger partial charge in [-0.1, -0.05) is 35.0 Å². The fraction of sp³-hybridized carbons (Fsp3) is 0.312. The molecule has 0 spiro atoms. The summed E-state index contributed by atoms with van der Waals surface area (Å²) in [6.07, 6.45) is 3.81. The van der Waals surface area contributed by atoms with Gasteiger partial charge in [0.15, 0.2) is 5.96 Å². The van der Waals surface area contributed by atoms with Crippen molar-refractivity contribution in [3.8, 4) is 0 Å². The maximum absolute atomic E-state index is 12.1. The monoisotopic (exact) mass is 474 g/mol. The summed E-state index contributed by atoms with van der Waals surface area (Å²) in [5, 5.41) is 20.0. The smallest absolute Gasteiger partial charge is 0.298 e. The van der Waals surface area contributed by atoms with Crippen LogP contribution in [0.25, 0.3) is 0 Å². The molecule has 1 saturated heterocycles. The van der Waals surface area contributed by atoms with Gasteiger partial charge in [0.2, 0.25) is 0 Å². The number of aromatic nitrogens is 1. The number of nitrogens with two attached hydrogens (primary N) is 2. The molecule has 3 rings (SSSR count). The molecule has 154 valence electrons. The van der Waals surface area contributed by atoms with Crippen molar-refractivity contribution in [3.63, 3.8) is 0 Å². The molecule has 1 fully saturated rings. The van der Waals surface area contributed by atoms with E-state index in [1.807, 2.05) is 0 Å². The molecule has 0 aromatic carbocycles. The molecule has 0 atom stereocenters. The molecule has 1 amide bonds. The van der Waals surface area contributed by atoms with E-state index in [1.54, 1.807) is 4.90 Å². The Balaban J connectivity index is 2.05. The van der Waals surface area contributed by atoms with E-state index >= 15 is 0 Å². The first-order valence-electron chi connectivity index (χ1n) is 8.37. The highest BCUT2D eigenvalue weighted by atomic mass is 35.5. The van der Waals surface area contributed by atoms with Crippen LogP contribution < -0.4 is 11.5 Å². The molecule has 2 aromatic rings. The number of pyridine rings is 1. The highest BCUT2D eigenvalue weighted by molar-refractivity contribution is 8.01. The third-order valence-electron chi connectivity index (χ3n) is 4.54. The zero-order chi connectivity index (χ0) is 21.3. The van der Waals surface area contributed by atoms with Gasteiger partial charge in [0.1, 0.15) is 9.09 Å². The average Bonchev–Trinajstić information content (AvgIpc) is 3.04. The van der Waals surface area contributed by atoms with Crippen molar-refractivity contribution in [2.75, 3.05) is 13.1 Å². The normalized spacial score (nSPS) is 14.8. The molecule has 0 saturated carbocycles. The van der Waals surface area contributed by atoms with Crippen LogP contribution in [0.3, 0.4) is 0 Å². The van der Waals surface area contributed by atoms with Crippen LogP contribution in [0.2, 0.25) is 10.0 Å². The lowest BCUT2D eigenvalue weighted by molar-refractivity contribution is -0.388. The van der Waals surface area contributed by atoms with Crippen molar-refractivity contribution in [3.05, 3.63) is 43.0 Å². The number of hydrogen-bond acceptors (Lipinski definition) is 7. The van der Waals surface area contributed by atoms with Crippen molar-refractivity contribution < 1.29 is 9.72 Å². The van der Waals surface area contributed by atoms with Gasteiger partial charge in [0, 0.05) is 25.5 Å². The van der Waals surface area contributed by atoms with Gasteiger partial charge in [-0.2, -0.15) is 0 Å². The van der Waals surface area contributed by atoms with E-state index in [1.165, 1.54) is 12.4 Å². The van der Waals surface area contributed by atoms with Crippen molar-refractivity contribution in [2.45, 2.75) is 27.9 Å². The average molecular weight is 475 g/mol. The molecule has 13 heteroatoms. The Kier molecular flexibility index (Phi) is 6.52. The van der Waals surface area contributed by atoms with Crippen LogP contribution in [0.5, 0.6) is 0 Å². The number of thiophene rings is 1. The Labute approximate surface area is 184 Å². The van der Waals surface area contributed by atoms with E-state index in [4.69, 9.17) is 40.1 Å². The van der Waals surface area contributed by atoms with Crippen molar-refractivity contribution >= 4 is 63.9 Å². The van der Waals surface area contributed by atoms with Crippen molar-refractivity contribution in [1.29, 1.82) is 5.41 Å². The summed E-state index contributed by atoms with van der Waals surface area (Å²) in [4.78, 5) is 29.7. The minimum absolute atomic E-state index is 0.0448. The van der Waals surface area contributed by atoms with Crippen LogP contribution in [0.15, 0.2) is 21.5 Å². The number of hydrogen-bond donors (Lipinski definition) is 3. The topological polar surface area (TPSA) is 152 Å². The van der Waals surface area contributed by atoms with Crippen LogP contribution in [-0.4, -0.2) is 39.8 Å². The Hall–Kier alpha value is -2.08. The second kappa shape index (κ2) is 8.74. The highest BCUT2D eigenvalue weighted by Crippen LogP contribution is 2.51. The van der Waals surface area contributed by atoms with Crippen LogP contribution in [0.1, 0.15) is 34.0 Å². The van der Waals surface area contributed by atoms with E-state index in [0.29, 0.717) is 36.4 Å². The second-order valence-corrected chi connectivity index (χ2v) is 9.40. The van der Waals surface area contributed by atoms with E-state index < -0.39 is 10.8 Å². The minimum Gasteiger partial charge on any atom is -0.370 e. The predicted octanol–water partition coefficient (Wildman–Crippen LogP) is 3.68. The van der Waals surface area contributed by atoms with Gasteiger partial charge in [-0.05, 0) is 18.8 Å². The van der Waals surface area contributed by atoms with Gasteiger partial charge in [-0.25, -0.2) is 0 Å². The lowest BCUT2D eigenvalue weighted by atomic mass is 9.88. The molecule has 1 aliphatic rings. The summed E-state index contributed by atoms with van der Waals surface area (Å²) < 4.78 is 0.280. The van der Waals surface area contributed by atoms with Gasteiger partial charge in [-0.15, -0.1) is 11.3 Å². The van der Waals surface area contributed by atoms with Crippen LogP contribution in [-0.2, 0) is 0 Å². The van der Waals surface area contributed by atoms with Gasteiger partial charge < -0.3 is 16.4 Å². The molecule has 5 N–H and O–H groups in total. The molecule has 0 aliphatic carbocycles. The number of guanidine groups is 1. The SMILES string of the molecule is N=C(N)N1CCC(c2c(C(N)=O)sc(Sc3c(Cl)cncc3Cl)c2[N+](=O)[O-])CC1. The second-order valence-electron chi connectivity index (χ2n) is 6.28. The Morgan fingerprint density at radius 1 is 1.31 bits per heavy atom. The van der Waals surface area contributed by atoms with E-state index in [-0.39, 0.29) is 36.7 Å². The largest absolute Gasteiger partial charge is 0.370 e. The van der Waals surface area contributed by atoms with E-state index in [9.17, 15) is 14.9 Å². The summed E-state index contributed by atoms with van der Waals surface area (Å²) in [5.41, 5.74) is 11.2. The van der Waals surface area contributed by atoms with Crippen molar-refractivity contribution in [2.24, 2.45) is 11.5 Å². The molecule has 29 heavy (non-hydrogen) atoms. The van der Waals surface area contributed by atoms with Gasteiger partial charge in [0.25, 0.3) is 11.6 Å². The Bertz CT molecular complexity index is 971. The number of amides is 1. The third kappa shape index (κ3) is 4.42. The lowest BCUT2D eigenvalue weighted by Gasteiger charge is -2.32. The highest BCUT2D eigenvalue weighted by Gasteiger charge is 2.37. The Morgan fingerprint density at radius 3 is 2.38 bits per heavy atom. The van der Waals surface area contributed by atoms with E-state index in [0.717, 1.165) is 23.1 Å². The number of nitrogens with one attached hydrogen (secondary N) is 1. The number of primary amides is 1. The number of piperidine rings is 1. The summed E-state index contributed by atoms with van der Waals surface area (Å²) in [6.45, 7) is 0.936. The molecular formula is C16H16Cl2N6O3S2. The van der Waals surface area contributed by atoms with E-state index in [2.05, 4.69) is 4.98 Å². The Morgan fingerprint density at radius 2 is 1.90 bits per heavy atom. The van der Waals surface area contributed by atoms with Gasteiger partial charge >= 0.3 is 0 Å². The maximum atomic E-state index is 12.1. The fourth-order valence-electron chi connectivity index (χ4n) is 3.22. The number of rotatable bonds is 5. The quantitative estimate of drug-likeness (QED) is 0.258.